The van der Waals surface area contributed by atoms with E-state index in [9.17, 15) is 9.90 Å². The Morgan fingerprint density at radius 2 is 2.24 bits per heavy atom. The largest absolute Gasteiger partial charge is 0.384 e. The zero-order valence-electron chi connectivity index (χ0n) is 11.7. The van der Waals surface area contributed by atoms with E-state index < -0.39 is 5.60 Å². The molecule has 0 saturated heterocycles. The second-order valence-electron chi connectivity index (χ2n) is 4.86. The van der Waals surface area contributed by atoms with Crippen LogP contribution in [0, 0.1) is 6.92 Å². The number of nitrogens with zero attached hydrogens (tertiary/aromatic N) is 1. The molecule has 7 heteroatoms. The van der Waals surface area contributed by atoms with E-state index in [4.69, 9.17) is 0 Å². The fourth-order valence-corrected chi connectivity index (χ4v) is 2.94. The van der Waals surface area contributed by atoms with Crippen LogP contribution in [0.3, 0.4) is 0 Å². The van der Waals surface area contributed by atoms with Gasteiger partial charge in [0.25, 0.3) is 0 Å². The highest BCUT2D eigenvalue weighted by Crippen LogP contribution is 2.22. The predicted octanol–water partition coefficient (Wildman–Crippen LogP) is 3.24. The number of rotatable bonds is 4. The van der Waals surface area contributed by atoms with Gasteiger partial charge in [0.1, 0.15) is 10.2 Å². The number of aromatic nitrogens is 1. The number of amides is 2. The molecule has 0 radical (unpaired) electrons. The molecule has 2 amide bonds. The molecule has 2 aromatic heterocycles. The molecule has 0 spiro atoms. The number of aryl methyl sites for hydroxylation is 1. The van der Waals surface area contributed by atoms with Crippen LogP contribution in [0.15, 0.2) is 33.6 Å². The first kappa shape index (κ1) is 15.9. The van der Waals surface area contributed by atoms with Gasteiger partial charge in [-0.25, -0.2) is 9.78 Å². The quantitative estimate of drug-likeness (QED) is 0.724. The van der Waals surface area contributed by atoms with E-state index in [0.717, 1.165) is 5.56 Å². The van der Waals surface area contributed by atoms with Crippen LogP contribution in [0.1, 0.15) is 18.2 Å². The Kier molecular flexibility index (Phi) is 4.97. The molecule has 21 heavy (non-hydrogen) atoms. The highest BCUT2D eigenvalue weighted by molar-refractivity contribution is 9.10. The fourth-order valence-electron chi connectivity index (χ4n) is 1.75. The number of anilines is 1. The number of nitrogens with one attached hydrogen (secondary N) is 2. The molecular weight excluding hydrogens is 354 g/mol. The van der Waals surface area contributed by atoms with Crippen LogP contribution < -0.4 is 10.6 Å². The number of hydrogen-bond donors (Lipinski definition) is 3. The minimum atomic E-state index is -1.09. The summed E-state index contributed by atoms with van der Waals surface area (Å²) in [5.74, 6) is 0. The second kappa shape index (κ2) is 6.55. The maximum absolute atomic E-state index is 11.9. The van der Waals surface area contributed by atoms with E-state index >= 15 is 0 Å². The minimum absolute atomic E-state index is 0.124. The van der Waals surface area contributed by atoms with Gasteiger partial charge >= 0.3 is 6.03 Å². The van der Waals surface area contributed by atoms with E-state index in [1.807, 2.05) is 23.8 Å². The number of urea groups is 1. The maximum Gasteiger partial charge on any atom is 0.319 e. The Bertz CT molecular complexity index is 629. The number of carbonyl (C=O) groups is 1. The van der Waals surface area contributed by atoms with Crippen molar-refractivity contribution < 1.29 is 9.90 Å². The number of pyridine rings is 1. The minimum Gasteiger partial charge on any atom is -0.384 e. The summed E-state index contributed by atoms with van der Waals surface area (Å²) in [6.45, 7) is 3.60. The molecule has 0 saturated carbocycles. The van der Waals surface area contributed by atoms with Crippen LogP contribution in [0.5, 0.6) is 0 Å². The maximum atomic E-state index is 11.9. The molecule has 112 valence electrons. The third-order valence-electron chi connectivity index (χ3n) is 3.04. The van der Waals surface area contributed by atoms with Gasteiger partial charge in [-0.05, 0) is 64.3 Å². The molecule has 1 atom stereocenters. The van der Waals surface area contributed by atoms with Gasteiger partial charge in [0.05, 0.1) is 17.9 Å². The summed E-state index contributed by atoms with van der Waals surface area (Å²) in [7, 11) is 0. The Morgan fingerprint density at radius 1 is 1.48 bits per heavy atom. The van der Waals surface area contributed by atoms with Gasteiger partial charge in [-0.2, -0.15) is 11.3 Å². The number of carbonyl (C=O) groups excluding carboxylic acids is 1. The zero-order chi connectivity index (χ0) is 15.5. The molecule has 0 aliphatic rings. The molecule has 1 unspecified atom stereocenters. The van der Waals surface area contributed by atoms with Gasteiger partial charge in [0.15, 0.2) is 0 Å². The van der Waals surface area contributed by atoms with Gasteiger partial charge in [-0.3, -0.25) is 0 Å². The molecule has 0 fully saturated rings. The monoisotopic (exact) mass is 369 g/mol. The lowest BCUT2D eigenvalue weighted by atomic mass is 9.99. The van der Waals surface area contributed by atoms with Crippen molar-refractivity contribution in [3.05, 3.63) is 44.8 Å². The summed E-state index contributed by atoms with van der Waals surface area (Å²) >= 11 is 4.78. The average molecular weight is 370 g/mol. The Labute approximate surface area is 135 Å². The molecular formula is C14H16BrN3O2S. The van der Waals surface area contributed by atoms with Crippen molar-refractivity contribution in [2.75, 3.05) is 11.9 Å². The first-order chi connectivity index (χ1) is 9.88. The van der Waals surface area contributed by atoms with Crippen LogP contribution >= 0.6 is 27.3 Å². The van der Waals surface area contributed by atoms with Crippen LogP contribution in [-0.2, 0) is 5.60 Å². The first-order valence-electron chi connectivity index (χ1n) is 6.31. The summed E-state index contributed by atoms with van der Waals surface area (Å²) in [4.78, 5) is 16.1. The SMILES string of the molecule is Cc1nc(Br)ccc1NC(=O)NCC(C)(O)c1ccsc1. The lowest BCUT2D eigenvalue weighted by Gasteiger charge is -2.23. The molecule has 2 heterocycles. The standard InChI is InChI=1S/C14H16BrN3O2S/c1-9-11(3-4-12(15)17-9)18-13(19)16-8-14(2,20)10-5-6-21-7-10/h3-7,20H,8H2,1-2H3,(H2,16,18,19). The summed E-state index contributed by atoms with van der Waals surface area (Å²) in [5, 5.41) is 19.5. The molecule has 0 aliphatic carbocycles. The van der Waals surface area contributed by atoms with E-state index in [-0.39, 0.29) is 12.6 Å². The summed E-state index contributed by atoms with van der Waals surface area (Å²) in [6, 6.07) is 4.98. The Hall–Kier alpha value is -1.44. The molecule has 0 aromatic carbocycles. The second-order valence-corrected chi connectivity index (χ2v) is 6.45. The van der Waals surface area contributed by atoms with Crippen molar-refractivity contribution in [3.8, 4) is 0 Å². The van der Waals surface area contributed by atoms with Crippen molar-refractivity contribution in [1.82, 2.24) is 10.3 Å². The number of aliphatic hydroxyl groups is 1. The third-order valence-corrected chi connectivity index (χ3v) is 4.16. The summed E-state index contributed by atoms with van der Waals surface area (Å²) in [6.07, 6.45) is 0. The average Bonchev–Trinajstić information content (AvgIpc) is 2.95. The lowest BCUT2D eigenvalue weighted by Crippen LogP contribution is -2.40. The van der Waals surface area contributed by atoms with E-state index in [1.54, 1.807) is 19.1 Å². The number of thiophene rings is 1. The normalized spacial score (nSPS) is 13.5. The summed E-state index contributed by atoms with van der Waals surface area (Å²) < 4.78 is 0.714. The van der Waals surface area contributed by atoms with Gasteiger partial charge in [-0.15, -0.1) is 0 Å². The molecule has 2 rings (SSSR count). The molecule has 5 nitrogen and oxygen atoms in total. The predicted molar refractivity (Wildman–Crippen MR) is 87.6 cm³/mol. The first-order valence-corrected chi connectivity index (χ1v) is 8.05. The van der Waals surface area contributed by atoms with Crippen LogP contribution in [0.25, 0.3) is 0 Å². The van der Waals surface area contributed by atoms with Gasteiger partial charge in [0.2, 0.25) is 0 Å². The van der Waals surface area contributed by atoms with Crippen LogP contribution in [-0.4, -0.2) is 22.7 Å². The van der Waals surface area contributed by atoms with Gasteiger partial charge in [0, 0.05) is 0 Å². The molecule has 0 bridgehead atoms. The van der Waals surface area contributed by atoms with Crippen molar-refractivity contribution in [3.63, 3.8) is 0 Å². The number of halogens is 1. The van der Waals surface area contributed by atoms with Crippen molar-refractivity contribution in [2.24, 2.45) is 0 Å². The molecule has 0 aliphatic heterocycles. The fraction of sp³-hybridized carbons (Fsp3) is 0.286. The Morgan fingerprint density at radius 3 is 2.86 bits per heavy atom. The molecule has 2 aromatic rings. The van der Waals surface area contributed by atoms with Gasteiger partial charge < -0.3 is 15.7 Å². The van der Waals surface area contributed by atoms with Gasteiger partial charge in [-0.1, -0.05) is 0 Å². The Balaban J connectivity index is 1.93. The molecule has 3 N–H and O–H groups in total. The van der Waals surface area contributed by atoms with Crippen molar-refractivity contribution in [2.45, 2.75) is 19.4 Å². The topological polar surface area (TPSA) is 74.2 Å². The third kappa shape index (κ3) is 4.26. The highest BCUT2D eigenvalue weighted by Gasteiger charge is 2.24. The smallest absolute Gasteiger partial charge is 0.319 e. The van der Waals surface area contributed by atoms with Crippen LogP contribution in [0.2, 0.25) is 0 Å². The lowest BCUT2D eigenvalue weighted by molar-refractivity contribution is 0.0604. The zero-order valence-corrected chi connectivity index (χ0v) is 14.1. The summed E-state index contributed by atoms with van der Waals surface area (Å²) in [5.41, 5.74) is 1.04. The number of hydrogen-bond acceptors (Lipinski definition) is 4. The van der Waals surface area contributed by atoms with E-state index in [1.165, 1.54) is 11.3 Å². The van der Waals surface area contributed by atoms with E-state index in [0.29, 0.717) is 16.0 Å². The van der Waals surface area contributed by atoms with Crippen LogP contribution in [0.4, 0.5) is 10.5 Å². The highest BCUT2D eigenvalue weighted by atomic mass is 79.9. The van der Waals surface area contributed by atoms with Crippen molar-refractivity contribution >= 4 is 39.0 Å². The van der Waals surface area contributed by atoms with E-state index in [2.05, 4.69) is 31.5 Å². The van der Waals surface area contributed by atoms with Crippen molar-refractivity contribution in [1.29, 1.82) is 0 Å².